The van der Waals surface area contributed by atoms with E-state index in [1.54, 1.807) is 13.8 Å². The van der Waals surface area contributed by atoms with Crippen LogP contribution in [0.25, 0.3) is 0 Å². The van der Waals surface area contributed by atoms with E-state index in [2.05, 4.69) is 0 Å². The van der Waals surface area contributed by atoms with Crippen molar-refractivity contribution in [2.75, 3.05) is 6.61 Å². The van der Waals surface area contributed by atoms with Crippen LogP contribution < -0.4 is 17.2 Å². The molecular formula is C10H23N3O3. The molecule has 0 aromatic rings. The average Bonchev–Trinajstić information content (AvgIpc) is 2.31. The maximum atomic E-state index is 10.4. The van der Waals surface area contributed by atoms with E-state index in [1.807, 2.05) is 0 Å². The standard InChI is InChI=1S/C10H23N3O3/c1-5(2)10(13)7(12)6(11)9(16,4-14)8(10,3)15/h5-7,14-16H,4,11-13H2,1-3H3/t6-,7-,8-,9+,10-/m0/s1. The van der Waals surface area contributed by atoms with E-state index in [0.29, 0.717) is 0 Å². The topological polar surface area (TPSA) is 139 Å². The molecule has 16 heavy (non-hydrogen) atoms. The summed E-state index contributed by atoms with van der Waals surface area (Å²) < 4.78 is 0. The molecule has 6 nitrogen and oxygen atoms in total. The predicted octanol–water partition coefficient (Wildman–Crippen LogP) is -2.52. The van der Waals surface area contributed by atoms with Gasteiger partial charge in [-0.2, -0.15) is 0 Å². The number of hydrogen-bond acceptors (Lipinski definition) is 6. The summed E-state index contributed by atoms with van der Waals surface area (Å²) in [6, 6.07) is -1.76. The SMILES string of the molecule is CC(C)[C@]1(N)[C@@H](N)[C@H](N)[C@](O)(CO)[C@]1(C)O. The maximum absolute atomic E-state index is 10.4. The van der Waals surface area contributed by atoms with Crippen LogP contribution in [0.5, 0.6) is 0 Å². The van der Waals surface area contributed by atoms with Crippen molar-refractivity contribution < 1.29 is 15.3 Å². The minimum absolute atomic E-state index is 0.191. The molecule has 0 aliphatic heterocycles. The Balaban J connectivity index is 3.36. The normalized spacial score (nSPS) is 53.6. The zero-order valence-corrected chi connectivity index (χ0v) is 10.0. The zero-order chi connectivity index (χ0) is 12.9. The molecule has 1 rings (SSSR count). The highest BCUT2D eigenvalue weighted by atomic mass is 16.4. The summed E-state index contributed by atoms with van der Waals surface area (Å²) in [5, 5.41) is 30.0. The van der Waals surface area contributed by atoms with Crippen molar-refractivity contribution in [3.8, 4) is 0 Å². The lowest BCUT2D eigenvalue weighted by molar-refractivity contribution is -0.174. The Morgan fingerprint density at radius 2 is 1.62 bits per heavy atom. The molecule has 0 spiro atoms. The highest BCUT2D eigenvalue weighted by molar-refractivity contribution is 5.30. The summed E-state index contributed by atoms with van der Waals surface area (Å²) in [5.74, 6) is -0.191. The molecule has 0 unspecified atom stereocenters. The molecule has 1 aliphatic rings. The lowest BCUT2D eigenvalue weighted by Gasteiger charge is -2.46. The van der Waals surface area contributed by atoms with Crippen molar-refractivity contribution >= 4 is 0 Å². The van der Waals surface area contributed by atoms with Crippen LogP contribution in [0.15, 0.2) is 0 Å². The van der Waals surface area contributed by atoms with Crippen LogP contribution in [0.2, 0.25) is 0 Å². The predicted molar refractivity (Wildman–Crippen MR) is 60.4 cm³/mol. The minimum atomic E-state index is -1.88. The lowest BCUT2D eigenvalue weighted by atomic mass is 9.71. The summed E-state index contributed by atoms with van der Waals surface area (Å²) >= 11 is 0. The number of aliphatic hydroxyl groups is 3. The molecular weight excluding hydrogens is 210 g/mol. The van der Waals surface area contributed by atoms with Gasteiger partial charge >= 0.3 is 0 Å². The Bertz CT molecular complexity index is 284. The average molecular weight is 233 g/mol. The molecule has 0 heterocycles. The quantitative estimate of drug-likeness (QED) is 0.311. The lowest BCUT2D eigenvalue weighted by Crippen LogP contribution is -2.71. The molecule has 0 saturated heterocycles. The third-order valence-corrected chi connectivity index (χ3v) is 4.37. The Kier molecular flexibility index (Phi) is 3.13. The Morgan fingerprint density at radius 3 is 1.81 bits per heavy atom. The van der Waals surface area contributed by atoms with Gasteiger partial charge in [0.1, 0.15) is 11.2 Å². The van der Waals surface area contributed by atoms with Crippen LogP contribution in [-0.4, -0.2) is 50.8 Å². The van der Waals surface area contributed by atoms with Crippen LogP contribution in [-0.2, 0) is 0 Å². The van der Waals surface area contributed by atoms with Gasteiger partial charge in [-0.05, 0) is 12.8 Å². The Labute approximate surface area is 95.4 Å². The van der Waals surface area contributed by atoms with Gasteiger partial charge in [-0.1, -0.05) is 13.8 Å². The van der Waals surface area contributed by atoms with E-state index in [4.69, 9.17) is 17.2 Å². The van der Waals surface area contributed by atoms with E-state index in [9.17, 15) is 15.3 Å². The van der Waals surface area contributed by atoms with Crippen molar-refractivity contribution in [2.24, 2.45) is 23.1 Å². The fourth-order valence-electron chi connectivity index (χ4n) is 2.82. The zero-order valence-electron chi connectivity index (χ0n) is 10.0. The smallest absolute Gasteiger partial charge is 0.134 e. The second-order valence-corrected chi connectivity index (χ2v) is 5.29. The molecule has 0 aromatic heterocycles. The van der Waals surface area contributed by atoms with Crippen molar-refractivity contribution in [3.63, 3.8) is 0 Å². The van der Waals surface area contributed by atoms with Gasteiger partial charge in [-0.3, -0.25) is 0 Å². The van der Waals surface area contributed by atoms with Crippen LogP contribution >= 0.6 is 0 Å². The van der Waals surface area contributed by atoms with E-state index >= 15 is 0 Å². The third-order valence-electron chi connectivity index (χ3n) is 4.37. The minimum Gasteiger partial charge on any atom is -0.393 e. The highest BCUT2D eigenvalue weighted by Crippen LogP contribution is 2.46. The fraction of sp³-hybridized carbons (Fsp3) is 1.00. The Hall–Kier alpha value is -0.240. The van der Waals surface area contributed by atoms with E-state index < -0.39 is 35.4 Å². The molecule has 0 radical (unpaired) electrons. The maximum Gasteiger partial charge on any atom is 0.134 e. The van der Waals surface area contributed by atoms with Gasteiger partial charge in [0.25, 0.3) is 0 Å². The third kappa shape index (κ3) is 1.23. The molecule has 0 amide bonds. The van der Waals surface area contributed by atoms with Gasteiger partial charge in [0.05, 0.1) is 18.2 Å². The second-order valence-electron chi connectivity index (χ2n) is 5.29. The summed E-state index contributed by atoms with van der Waals surface area (Å²) in [5.41, 5.74) is 12.9. The number of hydrogen-bond donors (Lipinski definition) is 6. The summed E-state index contributed by atoms with van der Waals surface area (Å²) in [4.78, 5) is 0. The number of rotatable bonds is 2. The Morgan fingerprint density at radius 1 is 1.19 bits per heavy atom. The summed E-state index contributed by atoms with van der Waals surface area (Å²) in [6.45, 7) is 4.28. The molecule has 96 valence electrons. The monoisotopic (exact) mass is 233 g/mol. The van der Waals surface area contributed by atoms with Gasteiger partial charge in [-0.15, -0.1) is 0 Å². The first-order valence-corrected chi connectivity index (χ1v) is 5.43. The van der Waals surface area contributed by atoms with E-state index in [0.717, 1.165) is 0 Å². The van der Waals surface area contributed by atoms with Gasteiger partial charge in [-0.25, -0.2) is 0 Å². The van der Waals surface area contributed by atoms with Gasteiger partial charge in [0.2, 0.25) is 0 Å². The fourth-order valence-corrected chi connectivity index (χ4v) is 2.82. The van der Waals surface area contributed by atoms with Crippen LogP contribution in [0, 0.1) is 5.92 Å². The van der Waals surface area contributed by atoms with Gasteiger partial charge in [0, 0.05) is 6.04 Å². The van der Waals surface area contributed by atoms with Crippen molar-refractivity contribution in [3.05, 3.63) is 0 Å². The molecule has 1 saturated carbocycles. The number of nitrogens with two attached hydrogens (primary N) is 3. The van der Waals surface area contributed by atoms with E-state index in [1.165, 1.54) is 6.92 Å². The highest BCUT2D eigenvalue weighted by Gasteiger charge is 2.71. The van der Waals surface area contributed by atoms with Crippen LogP contribution in [0.4, 0.5) is 0 Å². The first kappa shape index (κ1) is 13.8. The first-order valence-electron chi connectivity index (χ1n) is 5.43. The summed E-state index contributed by atoms with van der Waals surface area (Å²) in [7, 11) is 0. The molecule has 5 atom stereocenters. The molecule has 1 fully saturated rings. The number of aliphatic hydroxyl groups excluding tert-OH is 1. The van der Waals surface area contributed by atoms with Crippen molar-refractivity contribution in [1.82, 2.24) is 0 Å². The van der Waals surface area contributed by atoms with Crippen LogP contribution in [0.1, 0.15) is 20.8 Å². The first-order chi connectivity index (χ1) is 7.07. The van der Waals surface area contributed by atoms with Crippen molar-refractivity contribution in [1.29, 1.82) is 0 Å². The summed E-state index contributed by atoms with van der Waals surface area (Å²) in [6.07, 6.45) is 0. The largest absolute Gasteiger partial charge is 0.393 e. The van der Waals surface area contributed by atoms with Gasteiger partial charge < -0.3 is 32.5 Å². The molecule has 0 aromatic carbocycles. The molecule has 6 heteroatoms. The molecule has 9 N–H and O–H groups in total. The molecule has 0 bridgehead atoms. The second kappa shape index (κ2) is 3.63. The van der Waals surface area contributed by atoms with Crippen LogP contribution in [0.3, 0.4) is 0 Å². The van der Waals surface area contributed by atoms with Gasteiger partial charge in [0.15, 0.2) is 0 Å². The van der Waals surface area contributed by atoms with E-state index in [-0.39, 0.29) is 5.92 Å². The molecule has 1 aliphatic carbocycles. The van der Waals surface area contributed by atoms with Crippen molar-refractivity contribution in [2.45, 2.75) is 49.6 Å².